The van der Waals surface area contributed by atoms with Gasteiger partial charge in [-0.25, -0.2) is 4.98 Å². The van der Waals surface area contributed by atoms with Crippen LogP contribution >= 0.6 is 0 Å². The highest BCUT2D eigenvalue weighted by molar-refractivity contribution is 5.81. The first-order valence-corrected chi connectivity index (χ1v) is 3.33. The number of aromatic nitrogens is 2. The Morgan fingerprint density at radius 3 is 2.64 bits per heavy atom. The summed E-state index contributed by atoms with van der Waals surface area (Å²) in [5, 5.41) is 0. The van der Waals surface area contributed by atoms with Crippen LogP contribution in [-0.4, -0.2) is 15.5 Å². The summed E-state index contributed by atoms with van der Waals surface area (Å²) in [4.78, 5) is 14.7. The van der Waals surface area contributed by atoms with Crippen LogP contribution in [0.5, 0.6) is 0 Å². The SMILES string of the molecule is CC(C)(C(N)=O)n1ccnc1. The second kappa shape index (κ2) is 2.38. The first kappa shape index (κ1) is 7.78. The lowest BCUT2D eigenvalue weighted by Gasteiger charge is -2.21. The fourth-order valence-corrected chi connectivity index (χ4v) is 0.717. The Bertz CT molecular complexity index is 251. The van der Waals surface area contributed by atoms with Crippen molar-refractivity contribution in [1.82, 2.24) is 9.55 Å². The quantitative estimate of drug-likeness (QED) is 0.655. The summed E-state index contributed by atoms with van der Waals surface area (Å²) in [5.74, 6) is -0.365. The van der Waals surface area contributed by atoms with E-state index in [9.17, 15) is 4.79 Å². The number of nitrogens with zero attached hydrogens (tertiary/aromatic N) is 2. The van der Waals surface area contributed by atoms with Crippen LogP contribution in [0.4, 0.5) is 0 Å². The molecule has 1 amide bonds. The molecule has 1 rings (SSSR count). The summed E-state index contributed by atoms with van der Waals surface area (Å²) in [6.45, 7) is 3.49. The van der Waals surface area contributed by atoms with Gasteiger partial charge in [-0.1, -0.05) is 0 Å². The van der Waals surface area contributed by atoms with Crippen LogP contribution in [0.15, 0.2) is 18.7 Å². The van der Waals surface area contributed by atoms with E-state index in [0.29, 0.717) is 0 Å². The van der Waals surface area contributed by atoms with Gasteiger partial charge in [-0.05, 0) is 13.8 Å². The third-order valence-electron chi connectivity index (χ3n) is 1.75. The molecule has 0 saturated carbocycles. The Hall–Kier alpha value is -1.32. The third kappa shape index (κ3) is 1.24. The number of hydrogen-bond donors (Lipinski definition) is 1. The molecule has 4 heteroatoms. The molecule has 0 aliphatic carbocycles. The van der Waals surface area contributed by atoms with E-state index in [1.807, 2.05) is 0 Å². The second-order valence-electron chi connectivity index (χ2n) is 2.89. The predicted octanol–water partition coefficient (Wildman–Crippen LogP) is 0.103. The Morgan fingerprint density at radius 2 is 2.27 bits per heavy atom. The van der Waals surface area contributed by atoms with Crippen LogP contribution in [0.2, 0.25) is 0 Å². The molecular weight excluding hydrogens is 142 g/mol. The lowest BCUT2D eigenvalue weighted by Crippen LogP contribution is -2.40. The number of amides is 1. The predicted molar refractivity (Wildman–Crippen MR) is 40.7 cm³/mol. The van der Waals surface area contributed by atoms with Crippen molar-refractivity contribution in [2.75, 3.05) is 0 Å². The monoisotopic (exact) mass is 153 g/mol. The smallest absolute Gasteiger partial charge is 0.243 e. The van der Waals surface area contributed by atoms with Gasteiger partial charge in [-0.3, -0.25) is 4.79 Å². The molecule has 60 valence electrons. The van der Waals surface area contributed by atoms with Gasteiger partial charge in [0.1, 0.15) is 5.54 Å². The van der Waals surface area contributed by atoms with E-state index in [2.05, 4.69) is 4.98 Å². The molecule has 1 aromatic rings. The minimum absolute atomic E-state index is 0.365. The summed E-state index contributed by atoms with van der Waals surface area (Å²) < 4.78 is 1.68. The molecule has 0 aliphatic rings. The highest BCUT2D eigenvalue weighted by Crippen LogP contribution is 2.12. The number of nitrogens with two attached hydrogens (primary N) is 1. The van der Waals surface area contributed by atoms with Gasteiger partial charge in [0.25, 0.3) is 0 Å². The molecule has 11 heavy (non-hydrogen) atoms. The minimum Gasteiger partial charge on any atom is -0.368 e. The van der Waals surface area contributed by atoms with Crippen LogP contribution in [0, 0.1) is 0 Å². The molecule has 0 unspecified atom stereocenters. The number of imidazole rings is 1. The summed E-state index contributed by atoms with van der Waals surface area (Å²) in [7, 11) is 0. The Labute approximate surface area is 65.0 Å². The van der Waals surface area contributed by atoms with Crippen molar-refractivity contribution in [1.29, 1.82) is 0 Å². The van der Waals surface area contributed by atoms with Crippen molar-refractivity contribution in [2.45, 2.75) is 19.4 Å². The molecular formula is C7H11N3O. The lowest BCUT2D eigenvalue weighted by molar-refractivity contribution is -0.125. The second-order valence-corrected chi connectivity index (χ2v) is 2.89. The van der Waals surface area contributed by atoms with Crippen molar-refractivity contribution < 1.29 is 4.79 Å². The van der Waals surface area contributed by atoms with E-state index in [-0.39, 0.29) is 5.91 Å². The third-order valence-corrected chi connectivity index (χ3v) is 1.75. The molecule has 0 radical (unpaired) electrons. The first-order chi connectivity index (χ1) is 5.05. The number of primary amides is 1. The van der Waals surface area contributed by atoms with Crippen molar-refractivity contribution in [3.8, 4) is 0 Å². The van der Waals surface area contributed by atoms with Gasteiger partial charge in [0, 0.05) is 12.4 Å². The number of carbonyl (C=O) groups excluding carboxylic acids is 1. The molecule has 0 atom stereocenters. The van der Waals surface area contributed by atoms with Crippen LogP contribution in [0.25, 0.3) is 0 Å². The highest BCUT2D eigenvalue weighted by atomic mass is 16.1. The van der Waals surface area contributed by atoms with Gasteiger partial charge < -0.3 is 10.3 Å². The van der Waals surface area contributed by atoms with Crippen LogP contribution in [0.1, 0.15) is 13.8 Å². The normalized spacial score (nSPS) is 11.5. The van der Waals surface area contributed by atoms with Gasteiger partial charge >= 0.3 is 0 Å². The largest absolute Gasteiger partial charge is 0.368 e. The number of rotatable bonds is 2. The molecule has 0 fully saturated rings. The van der Waals surface area contributed by atoms with Gasteiger partial charge in [0.15, 0.2) is 0 Å². The van der Waals surface area contributed by atoms with Crippen molar-refractivity contribution in [3.05, 3.63) is 18.7 Å². The fourth-order valence-electron chi connectivity index (χ4n) is 0.717. The van der Waals surface area contributed by atoms with E-state index in [1.54, 1.807) is 37.1 Å². The van der Waals surface area contributed by atoms with Gasteiger partial charge in [0.2, 0.25) is 5.91 Å². The van der Waals surface area contributed by atoms with Gasteiger partial charge in [-0.15, -0.1) is 0 Å². The molecule has 0 spiro atoms. The van der Waals surface area contributed by atoms with Gasteiger partial charge in [0.05, 0.1) is 6.33 Å². The van der Waals surface area contributed by atoms with E-state index < -0.39 is 5.54 Å². The van der Waals surface area contributed by atoms with Crippen molar-refractivity contribution in [3.63, 3.8) is 0 Å². The fraction of sp³-hybridized carbons (Fsp3) is 0.429. The summed E-state index contributed by atoms with van der Waals surface area (Å²) in [5.41, 5.74) is 4.49. The molecule has 4 nitrogen and oxygen atoms in total. The Morgan fingerprint density at radius 1 is 1.64 bits per heavy atom. The average molecular weight is 153 g/mol. The zero-order valence-corrected chi connectivity index (χ0v) is 6.61. The summed E-state index contributed by atoms with van der Waals surface area (Å²) >= 11 is 0. The molecule has 0 saturated heterocycles. The highest BCUT2D eigenvalue weighted by Gasteiger charge is 2.25. The van der Waals surface area contributed by atoms with E-state index >= 15 is 0 Å². The minimum atomic E-state index is -0.684. The number of hydrogen-bond acceptors (Lipinski definition) is 2. The number of carbonyl (C=O) groups is 1. The average Bonchev–Trinajstić information content (AvgIpc) is 2.37. The maximum Gasteiger partial charge on any atom is 0.243 e. The summed E-state index contributed by atoms with van der Waals surface area (Å²) in [6, 6.07) is 0. The molecule has 0 aromatic carbocycles. The van der Waals surface area contributed by atoms with Crippen molar-refractivity contribution in [2.24, 2.45) is 5.73 Å². The van der Waals surface area contributed by atoms with E-state index in [0.717, 1.165) is 0 Å². The van der Waals surface area contributed by atoms with E-state index in [4.69, 9.17) is 5.73 Å². The van der Waals surface area contributed by atoms with Crippen LogP contribution in [-0.2, 0) is 10.3 Å². The molecule has 0 bridgehead atoms. The molecule has 2 N–H and O–H groups in total. The lowest BCUT2D eigenvalue weighted by atomic mass is 10.1. The first-order valence-electron chi connectivity index (χ1n) is 3.33. The topological polar surface area (TPSA) is 60.9 Å². The molecule has 1 heterocycles. The summed E-state index contributed by atoms with van der Waals surface area (Å²) in [6.07, 6.45) is 4.90. The van der Waals surface area contributed by atoms with E-state index in [1.165, 1.54) is 0 Å². The van der Waals surface area contributed by atoms with Crippen molar-refractivity contribution >= 4 is 5.91 Å². The molecule has 0 aliphatic heterocycles. The van der Waals surface area contributed by atoms with Gasteiger partial charge in [-0.2, -0.15) is 0 Å². The standard InChI is InChI=1S/C7H11N3O/c1-7(2,6(8)11)10-4-3-9-5-10/h3-5H,1-2H3,(H2,8,11). The maximum absolute atomic E-state index is 10.9. The zero-order chi connectivity index (χ0) is 8.48. The Kier molecular flexibility index (Phi) is 1.68. The maximum atomic E-state index is 10.9. The van der Waals surface area contributed by atoms with Crippen LogP contribution < -0.4 is 5.73 Å². The zero-order valence-electron chi connectivity index (χ0n) is 6.61. The molecule has 1 aromatic heterocycles. The van der Waals surface area contributed by atoms with Crippen LogP contribution in [0.3, 0.4) is 0 Å². The Balaban J connectivity index is 3.00.